The first-order valence-corrected chi connectivity index (χ1v) is 11.1. The number of carbonyl (C=O) groups excluding carboxylic acids is 2. The van der Waals surface area contributed by atoms with Gasteiger partial charge in [-0.05, 0) is 54.1 Å². The number of hydrogen-bond donors (Lipinski definition) is 2. The van der Waals surface area contributed by atoms with Gasteiger partial charge < -0.3 is 15.7 Å². The van der Waals surface area contributed by atoms with Crippen LogP contribution in [0, 0.1) is 6.92 Å². The van der Waals surface area contributed by atoms with Crippen molar-refractivity contribution in [3.8, 4) is 5.75 Å². The molecule has 0 saturated carbocycles. The summed E-state index contributed by atoms with van der Waals surface area (Å²) in [6, 6.07) is 14.6. The lowest BCUT2D eigenvalue weighted by Gasteiger charge is -2.19. The van der Waals surface area contributed by atoms with Gasteiger partial charge in [-0.25, -0.2) is 0 Å². The molecule has 0 unspecified atom stereocenters. The zero-order valence-electron chi connectivity index (χ0n) is 18.6. The predicted octanol–water partition coefficient (Wildman–Crippen LogP) is 5.36. The number of nitrogens with zero attached hydrogens (tertiary/aromatic N) is 1. The van der Waals surface area contributed by atoms with E-state index >= 15 is 0 Å². The number of carbonyl (C=O) groups is 2. The standard InChI is InChI=1S/C25H24N2O3.CH3Cl/c1-14-8-9-17(24(26)29)11-18(14)10-15(2)25(30)27-13-16(3)23-20-7-5-4-6-19(20)22(28)12-21(23)27;1-2/h4-12,16,28H,13H2,1-3H3,(H2,26,29);1H3/b15-10+;/t16-;/m1./s1. The zero-order valence-corrected chi connectivity index (χ0v) is 19.4. The highest BCUT2D eigenvalue weighted by Crippen LogP contribution is 2.44. The summed E-state index contributed by atoms with van der Waals surface area (Å²) >= 11 is 4.64. The average molecular weight is 451 g/mol. The molecule has 0 saturated heterocycles. The SMILES string of the molecule is C/C(=C\c1cc(C(N)=O)ccc1C)C(=O)N1C[C@@H](C)c2c1cc(O)c1ccccc21.CCl. The molecule has 0 aromatic heterocycles. The Hall–Kier alpha value is -3.31. The summed E-state index contributed by atoms with van der Waals surface area (Å²) in [6.07, 6.45) is 3.26. The Balaban J connectivity index is 0.00000141. The van der Waals surface area contributed by atoms with Gasteiger partial charge in [0.05, 0.1) is 5.69 Å². The molecule has 2 amide bonds. The molecule has 3 aromatic carbocycles. The normalized spacial score (nSPS) is 15.2. The lowest BCUT2D eigenvalue weighted by Crippen LogP contribution is -2.30. The van der Waals surface area contributed by atoms with E-state index < -0.39 is 5.91 Å². The van der Waals surface area contributed by atoms with E-state index in [2.05, 4.69) is 18.5 Å². The van der Waals surface area contributed by atoms with Crippen LogP contribution in [0.4, 0.5) is 5.69 Å². The van der Waals surface area contributed by atoms with Crippen LogP contribution in [0.1, 0.15) is 46.8 Å². The maximum Gasteiger partial charge on any atom is 0.253 e. The first-order valence-electron chi connectivity index (χ1n) is 10.3. The largest absolute Gasteiger partial charge is 0.507 e. The van der Waals surface area contributed by atoms with Gasteiger partial charge in [0.15, 0.2) is 0 Å². The van der Waals surface area contributed by atoms with Crippen LogP contribution in [0.25, 0.3) is 16.8 Å². The number of fused-ring (bicyclic) bond motifs is 3. The fourth-order valence-corrected chi connectivity index (χ4v) is 4.22. The second-order valence-electron chi connectivity index (χ2n) is 7.95. The molecule has 1 atom stereocenters. The van der Waals surface area contributed by atoms with Crippen LogP contribution >= 0.6 is 11.6 Å². The summed E-state index contributed by atoms with van der Waals surface area (Å²) in [6.45, 7) is 6.33. The second kappa shape index (κ2) is 9.45. The van der Waals surface area contributed by atoms with Crippen LogP contribution in [-0.4, -0.2) is 29.8 Å². The van der Waals surface area contributed by atoms with Gasteiger partial charge in [-0.15, -0.1) is 11.6 Å². The summed E-state index contributed by atoms with van der Waals surface area (Å²) in [7, 11) is 0. The van der Waals surface area contributed by atoms with E-state index in [0.717, 1.165) is 33.2 Å². The molecule has 1 aliphatic heterocycles. The first kappa shape index (κ1) is 23.4. The van der Waals surface area contributed by atoms with E-state index in [9.17, 15) is 14.7 Å². The number of anilines is 1. The van der Waals surface area contributed by atoms with Gasteiger partial charge in [-0.1, -0.05) is 37.3 Å². The van der Waals surface area contributed by atoms with E-state index in [4.69, 9.17) is 5.73 Å². The molecule has 166 valence electrons. The predicted molar refractivity (Wildman–Crippen MR) is 132 cm³/mol. The minimum absolute atomic E-state index is 0.126. The molecule has 3 N–H and O–H groups in total. The Morgan fingerprint density at radius 2 is 1.78 bits per heavy atom. The maximum atomic E-state index is 13.3. The van der Waals surface area contributed by atoms with Crippen molar-refractivity contribution < 1.29 is 14.7 Å². The number of aromatic hydroxyl groups is 1. The Kier molecular flexibility index (Phi) is 6.90. The van der Waals surface area contributed by atoms with E-state index in [1.165, 1.54) is 6.38 Å². The molecule has 32 heavy (non-hydrogen) atoms. The molecule has 0 radical (unpaired) electrons. The Morgan fingerprint density at radius 1 is 1.12 bits per heavy atom. The van der Waals surface area contributed by atoms with Crippen LogP contribution < -0.4 is 10.6 Å². The summed E-state index contributed by atoms with van der Waals surface area (Å²) in [5.74, 6) is -0.303. The number of phenolic OH excluding ortho intramolecular Hbond substituents is 1. The maximum absolute atomic E-state index is 13.3. The lowest BCUT2D eigenvalue weighted by molar-refractivity contribution is -0.115. The number of rotatable bonds is 3. The van der Waals surface area contributed by atoms with E-state index in [0.29, 0.717) is 17.7 Å². The molecular formula is C26H27ClN2O3. The summed E-state index contributed by atoms with van der Waals surface area (Å²) < 4.78 is 0. The topological polar surface area (TPSA) is 83.6 Å². The van der Waals surface area contributed by atoms with Crippen molar-refractivity contribution in [2.75, 3.05) is 17.8 Å². The number of halogens is 1. The minimum atomic E-state index is -0.502. The smallest absolute Gasteiger partial charge is 0.253 e. The molecule has 6 heteroatoms. The number of nitrogens with two attached hydrogens (primary N) is 1. The van der Waals surface area contributed by atoms with Gasteiger partial charge >= 0.3 is 0 Å². The molecule has 0 bridgehead atoms. The van der Waals surface area contributed by atoms with E-state index in [-0.39, 0.29) is 17.6 Å². The highest BCUT2D eigenvalue weighted by atomic mass is 35.5. The van der Waals surface area contributed by atoms with E-state index in [1.807, 2.05) is 37.3 Å². The Labute approximate surface area is 193 Å². The van der Waals surface area contributed by atoms with E-state index in [1.54, 1.807) is 36.1 Å². The van der Waals surface area contributed by atoms with Crippen LogP contribution in [0.15, 0.2) is 54.1 Å². The van der Waals surface area contributed by atoms with Crippen molar-refractivity contribution in [3.63, 3.8) is 0 Å². The molecule has 4 rings (SSSR count). The monoisotopic (exact) mass is 450 g/mol. The van der Waals surface area contributed by atoms with Gasteiger partial charge in [0.2, 0.25) is 5.91 Å². The number of benzene rings is 3. The molecular weight excluding hydrogens is 424 g/mol. The third-order valence-corrected chi connectivity index (χ3v) is 5.80. The number of alkyl halides is 1. The number of primary amides is 1. The van der Waals surface area contributed by atoms with Gasteiger partial charge in [0, 0.05) is 41.4 Å². The lowest BCUT2D eigenvalue weighted by atomic mass is 9.95. The fraction of sp³-hybridized carbons (Fsp3) is 0.231. The summed E-state index contributed by atoms with van der Waals surface area (Å²) in [4.78, 5) is 26.6. The van der Waals surface area contributed by atoms with Crippen LogP contribution in [0.3, 0.4) is 0 Å². The molecule has 1 aliphatic rings. The molecule has 5 nitrogen and oxygen atoms in total. The van der Waals surface area contributed by atoms with Gasteiger partial charge in [0.1, 0.15) is 5.75 Å². The molecule has 1 heterocycles. The molecule has 0 aliphatic carbocycles. The van der Waals surface area contributed by atoms with Crippen molar-refractivity contribution in [2.24, 2.45) is 5.73 Å². The highest BCUT2D eigenvalue weighted by molar-refractivity contribution is 6.15. The zero-order chi connectivity index (χ0) is 23.6. The van der Waals surface area contributed by atoms with Gasteiger partial charge in [-0.2, -0.15) is 0 Å². The molecule has 0 fully saturated rings. The molecule has 3 aromatic rings. The Morgan fingerprint density at radius 3 is 2.44 bits per heavy atom. The number of aryl methyl sites for hydroxylation is 1. The van der Waals surface area contributed by atoms with Crippen LogP contribution in [0.5, 0.6) is 5.75 Å². The average Bonchev–Trinajstić information content (AvgIpc) is 3.12. The number of phenols is 1. The first-order chi connectivity index (χ1) is 15.3. The minimum Gasteiger partial charge on any atom is -0.507 e. The van der Waals surface area contributed by atoms with Crippen molar-refractivity contribution in [1.29, 1.82) is 0 Å². The van der Waals surface area contributed by atoms with Crippen LogP contribution in [0.2, 0.25) is 0 Å². The third-order valence-electron chi connectivity index (χ3n) is 5.80. The second-order valence-corrected chi connectivity index (χ2v) is 7.95. The van der Waals surface area contributed by atoms with Crippen molar-refractivity contribution in [2.45, 2.75) is 26.7 Å². The van der Waals surface area contributed by atoms with Gasteiger partial charge in [-0.3, -0.25) is 9.59 Å². The summed E-state index contributed by atoms with van der Waals surface area (Å²) in [5.41, 5.74) is 9.91. The number of amides is 2. The summed E-state index contributed by atoms with van der Waals surface area (Å²) in [5, 5.41) is 12.3. The van der Waals surface area contributed by atoms with Crippen molar-refractivity contribution in [3.05, 3.63) is 76.4 Å². The van der Waals surface area contributed by atoms with Crippen molar-refractivity contribution in [1.82, 2.24) is 0 Å². The fourth-order valence-electron chi connectivity index (χ4n) is 4.22. The number of hydrogen-bond acceptors (Lipinski definition) is 3. The Bertz CT molecular complexity index is 1230. The quantitative estimate of drug-likeness (QED) is 0.416. The van der Waals surface area contributed by atoms with Crippen LogP contribution in [-0.2, 0) is 4.79 Å². The third kappa shape index (κ3) is 4.21. The van der Waals surface area contributed by atoms with Crippen molar-refractivity contribution >= 4 is 46.0 Å². The molecule has 0 spiro atoms. The highest BCUT2D eigenvalue weighted by Gasteiger charge is 2.32. The van der Waals surface area contributed by atoms with Gasteiger partial charge in [0.25, 0.3) is 5.91 Å².